The zero-order valence-electron chi connectivity index (χ0n) is 14.5. The van der Waals surface area contributed by atoms with Crippen molar-refractivity contribution in [3.05, 3.63) is 78.1 Å². The van der Waals surface area contributed by atoms with Crippen molar-refractivity contribution in [1.82, 2.24) is 9.99 Å². The molecule has 0 fully saturated rings. The zero-order chi connectivity index (χ0) is 18.4. The molecule has 1 aromatic heterocycles. The average Bonchev–Trinajstić information content (AvgIpc) is 3.16. The van der Waals surface area contributed by atoms with Crippen LogP contribution in [0.2, 0.25) is 0 Å². The molecule has 0 aliphatic rings. The summed E-state index contributed by atoms with van der Waals surface area (Å²) >= 11 is 0. The number of aromatic nitrogens is 1. The van der Waals surface area contributed by atoms with Crippen LogP contribution >= 0.6 is 0 Å². The lowest BCUT2D eigenvalue weighted by atomic mass is 10.2. The molecule has 0 aliphatic heterocycles. The third-order valence-electron chi connectivity index (χ3n) is 3.83. The van der Waals surface area contributed by atoms with Crippen LogP contribution in [0.25, 0.3) is 5.69 Å². The van der Waals surface area contributed by atoms with Crippen molar-refractivity contribution in [3.63, 3.8) is 0 Å². The molecular formula is C20H19N3O3. The standard InChI is InChI=1S/C20H19N3O3/c1-25-18-10-8-16(9-11-18)23-12-4-6-17(23)14-21-22-20(24)15-5-3-7-19(13-15)26-2/h3-14H,1-2H3,(H,22,24)/b21-14+. The molecule has 26 heavy (non-hydrogen) atoms. The Morgan fingerprint density at radius 1 is 1.00 bits per heavy atom. The Morgan fingerprint density at radius 3 is 2.50 bits per heavy atom. The summed E-state index contributed by atoms with van der Waals surface area (Å²) in [5.74, 6) is 1.11. The maximum Gasteiger partial charge on any atom is 0.271 e. The highest BCUT2D eigenvalue weighted by molar-refractivity contribution is 5.95. The Morgan fingerprint density at radius 2 is 1.77 bits per heavy atom. The first-order valence-corrected chi connectivity index (χ1v) is 8.00. The molecule has 0 atom stereocenters. The number of nitrogens with one attached hydrogen (secondary N) is 1. The number of methoxy groups -OCH3 is 2. The highest BCUT2D eigenvalue weighted by atomic mass is 16.5. The first kappa shape index (κ1) is 17.3. The molecule has 0 bridgehead atoms. The first-order chi connectivity index (χ1) is 12.7. The van der Waals surface area contributed by atoms with Crippen molar-refractivity contribution in [2.75, 3.05) is 14.2 Å². The molecule has 0 saturated carbocycles. The third kappa shape index (κ3) is 3.92. The number of carbonyl (C=O) groups excluding carboxylic acids is 1. The lowest BCUT2D eigenvalue weighted by Gasteiger charge is -2.07. The van der Waals surface area contributed by atoms with E-state index in [4.69, 9.17) is 9.47 Å². The molecule has 132 valence electrons. The molecule has 6 nitrogen and oxygen atoms in total. The third-order valence-corrected chi connectivity index (χ3v) is 3.83. The number of carbonyl (C=O) groups is 1. The predicted octanol–water partition coefficient (Wildman–Crippen LogP) is 3.26. The first-order valence-electron chi connectivity index (χ1n) is 8.00. The average molecular weight is 349 g/mol. The van der Waals surface area contributed by atoms with Gasteiger partial charge in [0.05, 0.1) is 26.1 Å². The van der Waals surface area contributed by atoms with Gasteiger partial charge in [0, 0.05) is 17.4 Å². The number of amides is 1. The molecule has 1 heterocycles. The predicted molar refractivity (Wildman–Crippen MR) is 100 cm³/mol. The summed E-state index contributed by atoms with van der Waals surface area (Å²) in [4.78, 5) is 12.2. The van der Waals surface area contributed by atoms with Gasteiger partial charge in [0.25, 0.3) is 5.91 Å². The van der Waals surface area contributed by atoms with Gasteiger partial charge in [-0.15, -0.1) is 0 Å². The lowest BCUT2D eigenvalue weighted by molar-refractivity contribution is 0.0955. The minimum absolute atomic E-state index is 0.303. The van der Waals surface area contributed by atoms with Gasteiger partial charge in [0.15, 0.2) is 0 Å². The second kappa shape index (κ2) is 8.02. The Bertz CT molecular complexity index is 914. The Kier molecular flexibility index (Phi) is 5.34. The molecule has 6 heteroatoms. The van der Waals surface area contributed by atoms with E-state index in [1.807, 2.05) is 47.2 Å². The lowest BCUT2D eigenvalue weighted by Crippen LogP contribution is -2.17. The van der Waals surface area contributed by atoms with E-state index in [0.29, 0.717) is 11.3 Å². The minimum atomic E-state index is -0.303. The van der Waals surface area contributed by atoms with Gasteiger partial charge in [-0.2, -0.15) is 5.10 Å². The summed E-state index contributed by atoms with van der Waals surface area (Å²) in [6.45, 7) is 0. The SMILES string of the molecule is COc1ccc(-n2cccc2/C=N/NC(=O)c2cccc(OC)c2)cc1. The van der Waals surface area contributed by atoms with Gasteiger partial charge in [-0.3, -0.25) is 4.79 Å². The molecule has 0 saturated heterocycles. The number of nitrogens with zero attached hydrogens (tertiary/aromatic N) is 2. The van der Waals surface area contributed by atoms with Crippen molar-refractivity contribution >= 4 is 12.1 Å². The highest BCUT2D eigenvalue weighted by Gasteiger charge is 2.06. The summed E-state index contributed by atoms with van der Waals surface area (Å²) in [7, 11) is 3.19. The largest absolute Gasteiger partial charge is 0.497 e. The maximum absolute atomic E-state index is 12.2. The van der Waals surface area contributed by atoms with Crippen LogP contribution in [-0.4, -0.2) is 30.9 Å². The molecule has 3 rings (SSSR count). The van der Waals surface area contributed by atoms with E-state index >= 15 is 0 Å². The second-order valence-electron chi connectivity index (χ2n) is 5.43. The van der Waals surface area contributed by atoms with Gasteiger partial charge in [0.1, 0.15) is 11.5 Å². The van der Waals surface area contributed by atoms with Crippen LogP contribution in [0.5, 0.6) is 11.5 Å². The molecule has 0 aliphatic carbocycles. The Balaban J connectivity index is 1.71. The fraction of sp³-hybridized carbons (Fsp3) is 0.100. The van der Waals surface area contributed by atoms with E-state index in [1.54, 1.807) is 44.7 Å². The van der Waals surface area contributed by atoms with Crippen LogP contribution in [0.15, 0.2) is 72.0 Å². The van der Waals surface area contributed by atoms with Crippen molar-refractivity contribution in [1.29, 1.82) is 0 Å². The van der Waals surface area contributed by atoms with Gasteiger partial charge in [0.2, 0.25) is 0 Å². The zero-order valence-corrected chi connectivity index (χ0v) is 14.5. The molecule has 0 unspecified atom stereocenters. The van der Waals surface area contributed by atoms with Gasteiger partial charge in [-0.25, -0.2) is 5.43 Å². The number of rotatable bonds is 6. The summed E-state index contributed by atoms with van der Waals surface area (Å²) < 4.78 is 12.3. The van der Waals surface area contributed by atoms with Gasteiger partial charge < -0.3 is 14.0 Å². The molecule has 0 spiro atoms. The van der Waals surface area contributed by atoms with Gasteiger partial charge in [-0.05, 0) is 54.6 Å². The van der Waals surface area contributed by atoms with Gasteiger partial charge in [-0.1, -0.05) is 6.07 Å². The minimum Gasteiger partial charge on any atom is -0.497 e. The summed E-state index contributed by atoms with van der Waals surface area (Å²) in [5.41, 5.74) is 4.81. The summed E-state index contributed by atoms with van der Waals surface area (Å²) in [6, 6.07) is 18.4. The van der Waals surface area contributed by atoms with Crippen LogP contribution in [0.3, 0.4) is 0 Å². The van der Waals surface area contributed by atoms with Crippen LogP contribution in [0.1, 0.15) is 16.1 Å². The van der Waals surface area contributed by atoms with Crippen molar-refractivity contribution in [3.8, 4) is 17.2 Å². The second-order valence-corrected chi connectivity index (χ2v) is 5.43. The smallest absolute Gasteiger partial charge is 0.271 e. The fourth-order valence-electron chi connectivity index (χ4n) is 2.46. The molecule has 1 amide bonds. The van der Waals surface area contributed by atoms with E-state index < -0.39 is 0 Å². The number of benzene rings is 2. The van der Waals surface area contributed by atoms with Crippen LogP contribution in [-0.2, 0) is 0 Å². The number of hydrogen-bond donors (Lipinski definition) is 1. The molecule has 2 aromatic carbocycles. The van der Waals surface area contributed by atoms with Crippen LogP contribution in [0.4, 0.5) is 0 Å². The Hall–Kier alpha value is -3.54. The number of hydrogen-bond acceptors (Lipinski definition) is 4. The normalized spacial score (nSPS) is 10.7. The summed E-state index contributed by atoms with van der Waals surface area (Å²) in [5, 5.41) is 4.05. The Labute approximate surface area is 151 Å². The maximum atomic E-state index is 12.2. The monoisotopic (exact) mass is 349 g/mol. The molecule has 1 N–H and O–H groups in total. The van der Waals surface area contributed by atoms with E-state index in [1.165, 1.54) is 0 Å². The van der Waals surface area contributed by atoms with Crippen molar-refractivity contribution in [2.24, 2.45) is 5.10 Å². The number of ether oxygens (including phenoxy) is 2. The van der Waals surface area contributed by atoms with Crippen molar-refractivity contribution in [2.45, 2.75) is 0 Å². The van der Waals surface area contributed by atoms with Gasteiger partial charge >= 0.3 is 0 Å². The van der Waals surface area contributed by atoms with E-state index in [-0.39, 0.29) is 5.91 Å². The summed E-state index contributed by atoms with van der Waals surface area (Å²) in [6.07, 6.45) is 3.52. The topological polar surface area (TPSA) is 64.8 Å². The highest BCUT2D eigenvalue weighted by Crippen LogP contribution is 2.16. The van der Waals surface area contributed by atoms with Crippen LogP contribution < -0.4 is 14.9 Å². The van der Waals surface area contributed by atoms with Crippen LogP contribution in [0, 0.1) is 0 Å². The van der Waals surface area contributed by atoms with E-state index in [2.05, 4.69) is 10.5 Å². The van der Waals surface area contributed by atoms with Crippen molar-refractivity contribution < 1.29 is 14.3 Å². The molecular weight excluding hydrogens is 330 g/mol. The van der Waals surface area contributed by atoms with E-state index in [0.717, 1.165) is 17.1 Å². The fourth-order valence-corrected chi connectivity index (χ4v) is 2.46. The molecule has 3 aromatic rings. The number of hydrazone groups is 1. The van der Waals surface area contributed by atoms with E-state index in [9.17, 15) is 4.79 Å². The quantitative estimate of drug-likeness (QED) is 0.549. The molecule has 0 radical (unpaired) electrons.